The first-order valence-corrected chi connectivity index (χ1v) is 6.61. The van der Waals surface area contributed by atoms with Crippen molar-refractivity contribution in [3.8, 4) is 0 Å². The monoisotopic (exact) mass is 315 g/mol. The molecule has 120 valence electrons. The molecule has 1 amide bonds. The van der Waals surface area contributed by atoms with Gasteiger partial charge in [0.1, 0.15) is 0 Å². The van der Waals surface area contributed by atoms with Crippen molar-refractivity contribution in [2.24, 2.45) is 0 Å². The molecule has 0 aliphatic rings. The lowest BCUT2D eigenvalue weighted by Crippen LogP contribution is -2.18. The second-order valence-electron chi connectivity index (χ2n) is 5.02. The first-order valence-electron chi connectivity index (χ1n) is 6.61. The van der Waals surface area contributed by atoms with Gasteiger partial charge in [0.05, 0.1) is 17.1 Å². The summed E-state index contributed by atoms with van der Waals surface area (Å²) in [6.07, 6.45) is -4.60. The van der Waals surface area contributed by atoms with Crippen molar-refractivity contribution in [2.45, 2.75) is 39.9 Å². The average molecular weight is 315 g/mol. The zero-order valence-electron chi connectivity index (χ0n) is 12.4. The molecule has 2 heterocycles. The number of H-pyrrole nitrogens is 1. The second kappa shape index (κ2) is 5.82. The Balaban J connectivity index is 2.04. The van der Waals surface area contributed by atoms with E-state index in [0.717, 1.165) is 11.4 Å². The van der Waals surface area contributed by atoms with Crippen LogP contribution in [0.15, 0.2) is 6.07 Å². The number of nitrogens with zero attached hydrogens (tertiary/aromatic N) is 3. The lowest BCUT2D eigenvalue weighted by molar-refractivity contribution is -0.140. The molecule has 0 fully saturated rings. The molecule has 0 unspecified atom stereocenters. The summed E-state index contributed by atoms with van der Waals surface area (Å²) in [5.74, 6) is -0.525. The zero-order chi connectivity index (χ0) is 16.5. The Morgan fingerprint density at radius 2 is 2.05 bits per heavy atom. The summed E-state index contributed by atoms with van der Waals surface area (Å²) in [6, 6.07) is 1.86. The molecule has 0 atom stereocenters. The molecule has 0 aliphatic carbocycles. The van der Waals surface area contributed by atoms with Gasteiger partial charge >= 0.3 is 6.18 Å². The third-order valence-electron chi connectivity index (χ3n) is 3.13. The van der Waals surface area contributed by atoms with Gasteiger partial charge in [0.15, 0.2) is 5.69 Å². The average Bonchev–Trinajstić information content (AvgIpc) is 2.90. The maximum Gasteiger partial charge on any atom is 0.437 e. The number of carbonyl (C=O) groups excluding carboxylic acids is 1. The molecule has 0 spiro atoms. The van der Waals surface area contributed by atoms with Gasteiger partial charge < -0.3 is 5.32 Å². The number of anilines is 1. The Kier molecular flexibility index (Phi) is 4.25. The van der Waals surface area contributed by atoms with E-state index >= 15 is 0 Å². The van der Waals surface area contributed by atoms with Crippen LogP contribution in [0.25, 0.3) is 0 Å². The molecule has 0 radical (unpaired) electrons. The van der Waals surface area contributed by atoms with Crippen molar-refractivity contribution in [2.75, 3.05) is 5.32 Å². The fraction of sp³-hybridized carbons (Fsp3) is 0.462. The highest BCUT2D eigenvalue weighted by atomic mass is 19.4. The fourth-order valence-corrected chi connectivity index (χ4v) is 2.10. The van der Waals surface area contributed by atoms with Crippen molar-refractivity contribution in [1.82, 2.24) is 20.0 Å². The maximum absolute atomic E-state index is 12.8. The largest absolute Gasteiger partial charge is 0.437 e. The highest BCUT2D eigenvalue weighted by Crippen LogP contribution is 2.34. The van der Waals surface area contributed by atoms with Crippen LogP contribution in [0, 0.1) is 20.8 Å². The van der Waals surface area contributed by atoms with Gasteiger partial charge in [-0.25, -0.2) is 0 Å². The van der Waals surface area contributed by atoms with E-state index in [1.54, 1.807) is 4.68 Å². The summed E-state index contributed by atoms with van der Waals surface area (Å²) in [5, 5.41) is 11.9. The van der Waals surface area contributed by atoms with Crippen LogP contribution in [0.3, 0.4) is 0 Å². The number of alkyl halides is 3. The summed E-state index contributed by atoms with van der Waals surface area (Å²) in [5.41, 5.74) is 0.422. The Morgan fingerprint density at radius 1 is 1.36 bits per heavy atom. The van der Waals surface area contributed by atoms with Crippen LogP contribution in [-0.2, 0) is 17.5 Å². The SMILES string of the molecule is Cc1cc(C)n(CCC(=O)Nc2c(C(F)(F)F)n[nH]c2C)n1. The summed E-state index contributed by atoms with van der Waals surface area (Å²) in [6.45, 7) is 5.39. The van der Waals surface area contributed by atoms with E-state index in [9.17, 15) is 18.0 Å². The van der Waals surface area contributed by atoms with Gasteiger partial charge in [-0.1, -0.05) is 0 Å². The minimum Gasteiger partial charge on any atom is -0.323 e. The number of aromatic amines is 1. The van der Waals surface area contributed by atoms with Crippen LogP contribution in [-0.4, -0.2) is 25.9 Å². The zero-order valence-corrected chi connectivity index (χ0v) is 12.4. The van der Waals surface area contributed by atoms with Crippen LogP contribution in [0.4, 0.5) is 18.9 Å². The van der Waals surface area contributed by atoms with E-state index in [1.165, 1.54) is 6.92 Å². The van der Waals surface area contributed by atoms with Crippen molar-refractivity contribution in [1.29, 1.82) is 0 Å². The standard InChI is InChI=1S/C13H16F3N5O/c1-7-6-8(2)21(20-7)5-4-10(22)17-11-9(3)18-19-12(11)13(14,15)16/h6H,4-5H2,1-3H3,(H,17,22)(H,18,19). The van der Waals surface area contributed by atoms with Gasteiger partial charge in [0, 0.05) is 18.7 Å². The van der Waals surface area contributed by atoms with Crippen molar-refractivity contribution < 1.29 is 18.0 Å². The molecule has 9 heteroatoms. The van der Waals surface area contributed by atoms with E-state index in [2.05, 4.69) is 20.6 Å². The van der Waals surface area contributed by atoms with Crippen molar-refractivity contribution >= 4 is 11.6 Å². The van der Waals surface area contributed by atoms with Crippen molar-refractivity contribution in [3.63, 3.8) is 0 Å². The van der Waals surface area contributed by atoms with E-state index in [4.69, 9.17) is 0 Å². The molecule has 0 saturated heterocycles. The molecular formula is C13H16F3N5O. The lowest BCUT2D eigenvalue weighted by Gasteiger charge is -2.09. The first-order chi connectivity index (χ1) is 10.2. The Bertz CT molecular complexity index is 686. The third kappa shape index (κ3) is 3.46. The molecule has 2 aromatic heterocycles. The van der Waals surface area contributed by atoms with Gasteiger partial charge in [-0.3, -0.25) is 14.6 Å². The summed E-state index contributed by atoms with van der Waals surface area (Å²) >= 11 is 0. The molecule has 2 aromatic rings. The van der Waals surface area contributed by atoms with Gasteiger partial charge in [-0.2, -0.15) is 23.4 Å². The van der Waals surface area contributed by atoms with Crippen LogP contribution in [0.5, 0.6) is 0 Å². The first kappa shape index (κ1) is 16.1. The normalized spacial score (nSPS) is 11.7. The van der Waals surface area contributed by atoms with Crippen LogP contribution in [0.1, 0.15) is 29.2 Å². The van der Waals surface area contributed by atoms with E-state index in [1.807, 2.05) is 19.9 Å². The number of carbonyl (C=O) groups is 1. The van der Waals surface area contributed by atoms with E-state index < -0.39 is 17.8 Å². The topological polar surface area (TPSA) is 75.6 Å². The molecule has 0 saturated carbocycles. The van der Waals surface area contributed by atoms with E-state index in [0.29, 0.717) is 6.54 Å². The Labute approximate surface area is 124 Å². The number of aryl methyl sites for hydroxylation is 4. The second-order valence-corrected chi connectivity index (χ2v) is 5.02. The van der Waals surface area contributed by atoms with Crippen LogP contribution in [0.2, 0.25) is 0 Å². The molecule has 2 rings (SSSR count). The Hall–Kier alpha value is -2.32. The molecular weight excluding hydrogens is 299 g/mol. The predicted octanol–water partition coefficient (Wildman–Crippen LogP) is 2.58. The fourth-order valence-electron chi connectivity index (χ4n) is 2.10. The van der Waals surface area contributed by atoms with Gasteiger partial charge in [-0.15, -0.1) is 0 Å². The Morgan fingerprint density at radius 3 is 2.59 bits per heavy atom. The smallest absolute Gasteiger partial charge is 0.323 e. The van der Waals surface area contributed by atoms with Crippen LogP contribution >= 0.6 is 0 Å². The molecule has 0 aliphatic heterocycles. The van der Waals surface area contributed by atoms with Gasteiger partial charge in [0.2, 0.25) is 5.91 Å². The predicted molar refractivity (Wildman–Crippen MR) is 73.3 cm³/mol. The lowest BCUT2D eigenvalue weighted by atomic mass is 10.2. The number of rotatable bonds is 4. The van der Waals surface area contributed by atoms with Gasteiger partial charge in [-0.05, 0) is 26.8 Å². The van der Waals surface area contributed by atoms with E-state index in [-0.39, 0.29) is 17.8 Å². The molecule has 22 heavy (non-hydrogen) atoms. The number of amides is 1. The third-order valence-corrected chi connectivity index (χ3v) is 3.13. The number of aromatic nitrogens is 4. The highest BCUT2D eigenvalue weighted by Gasteiger charge is 2.38. The quantitative estimate of drug-likeness (QED) is 0.910. The van der Waals surface area contributed by atoms with Crippen LogP contribution < -0.4 is 5.32 Å². The highest BCUT2D eigenvalue weighted by molar-refractivity contribution is 5.91. The molecule has 0 bridgehead atoms. The number of halogens is 3. The van der Waals surface area contributed by atoms with Gasteiger partial charge in [0.25, 0.3) is 0 Å². The van der Waals surface area contributed by atoms with Crippen molar-refractivity contribution in [3.05, 3.63) is 28.8 Å². The molecule has 2 N–H and O–H groups in total. The minimum absolute atomic E-state index is 0.0177. The number of hydrogen-bond acceptors (Lipinski definition) is 3. The summed E-state index contributed by atoms with van der Waals surface area (Å²) in [7, 11) is 0. The maximum atomic E-state index is 12.8. The molecule has 6 nitrogen and oxygen atoms in total. The number of nitrogens with one attached hydrogen (secondary N) is 2. The summed E-state index contributed by atoms with van der Waals surface area (Å²) in [4.78, 5) is 11.9. The number of hydrogen-bond donors (Lipinski definition) is 2. The summed E-state index contributed by atoms with van der Waals surface area (Å²) < 4.78 is 40.0. The molecule has 0 aromatic carbocycles. The minimum atomic E-state index is -4.62.